The van der Waals surface area contributed by atoms with Gasteiger partial charge in [-0.3, -0.25) is 10.1 Å². The van der Waals surface area contributed by atoms with Gasteiger partial charge < -0.3 is 20.1 Å². The number of morpholine rings is 1. The van der Waals surface area contributed by atoms with E-state index < -0.39 is 4.92 Å². The maximum atomic E-state index is 11.3. The molecule has 0 aliphatic carbocycles. The van der Waals surface area contributed by atoms with Crippen molar-refractivity contribution in [1.82, 2.24) is 9.97 Å². The van der Waals surface area contributed by atoms with E-state index in [-0.39, 0.29) is 23.6 Å². The van der Waals surface area contributed by atoms with Gasteiger partial charge in [-0.15, -0.1) is 0 Å². The smallest absolute Gasteiger partial charge is 0.292 e. The number of nitro benzene ring substituents is 1. The predicted octanol–water partition coefficient (Wildman–Crippen LogP) is 2.33. The van der Waals surface area contributed by atoms with Gasteiger partial charge in [0, 0.05) is 24.7 Å². The highest BCUT2D eigenvalue weighted by atomic mass is 16.6. The molecule has 146 valence electrons. The van der Waals surface area contributed by atoms with Crippen molar-refractivity contribution in [3.63, 3.8) is 0 Å². The lowest BCUT2D eigenvalue weighted by atomic mass is 10.1. The fraction of sp³-hybridized carbons (Fsp3) is 0.474. The van der Waals surface area contributed by atoms with E-state index >= 15 is 0 Å². The Kier molecular flexibility index (Phi) is 4.04. The zero-order valence-electron chi connectivity index (χ0n) is 15.3. The van der Waals surface area contributed by atoms with Crippen molar-refractivity contribution in [2.75, 3.05) is 30.3 Å². The highest BCUT2D eigenvalue weighted by Crippen LogP contribution is 2.37. The van der Waals surface area contributed by atoms with Gasteiger partial charge in [-0.2, -0.15) is 4.98 Å². The summed E-state index contributed by atoms with van der Waals surface area (Å²) in [6.45, 7) is 2.20. The summed E-state index contributed by atoms with van der Waals surface area (Å²) in [5.74, 6) is 1.85. The summed E-state index contributed by atoms with van der Waals surface area (Å²) in [5, 5.41) is 11.3. The standard InChI is InChI=1S/C19H21N5O4/c20-15-6-3-11(8-16(15)24(25)26)17-21-18(14-2-1-7-27-19(14)22-17)23-9-12-4-5-13(10-23)28-12/h3,6,8,12-13H,1-2,4-5,7,9-10,20H2. The number of nitrogen functional groups attached to an aromatic ring is 1. The van der Waals surface area contributed by atoms with Crippen LogP contribution in [-0.2, 0) is 11.2 Å². The topological polar surface area (TPSA) is 117 Å². The summed E-state index contributed by atoms with van der Waals surface area (Å²) >= 11 is 0. The van der Waals surface area contributed by atoms with Crippen LogP contribution < -0.4 is 15.4 Å². The number of ether oxygens (including phenoxy) is 2. The van der Waals surface area contributed by atoms with Crippen molar-refractivity contribution < 1.29 is 14.4 Å². The van der Waals surface area contributed by atoms with E-state index in [9.17, 15) is 10.1 Å². The largest absolute Gasteiger partial charge is 0.477 e. The Balaban J connectivity index is 1.60. The third kappa shape index (κ3) is 2.91. The van der Waals surface area contributed by atoms with Crippen molar-refractivity contribution in [2.24, 2.45) is 0 Å². The fourth-order valence-electron chi connectivity index (χ4n) is 4.23. The van der Waals surface area contributed by atoms with E-state index in [1.807, 2.05) is 0 Å². The van der Waals surface area contributed by atoms with Gasteiger partial charge in [0.2, 0.25) is 5.88 Å². The molecule has 1 aromatic carbocycles. The summed E-state index contributed by atoms with van der Waals surface area (Å²) in [6, 6.07) is 4.65. The van der Waals surface area contributed by atoms with Crippen LogP contribution in [0.5, 0.6) is 5.88 Å². The molecule has 2 N–H and O–H groups in total. The second kappa shape index (κ2) is 6.59. The van der Waals surface area contributed by atoms with Gasteiger partial charge >= 0.3 is 0 Å². The van der Waals surface area contributed by atoms with E-state index in [2.05, 4.69) is 9.88 Å². The molecule has 2 aromatic rings. The number of fused-ring (bicyclic) bond motifs is 3. The lowest BCUT2D eigenvalue weighted by Crippen LogP contribution is -2.43. The minimum atomic E-state index is -0.492. The number of rotatable bonds is 3. The Morgan fingerprint density at radius 2 is 2.00 bits per heavy atom. The number of hydrogen-bond donors (Lipinski definition) is 1. The monoisotopic (exact) mass is 383 g/mol. The molecule has 2 saturated heterocycles. The van der Waals surface area contributed by atoms with Crippen molar-refractivity contribution in [1.29, 1.82) is 0 Å². The highest BCUT2D eigenvalue weighted by Gasteiger charge is 2.36. The number of hydrogen-bond acceptors (Lipinski definition) is 8. The van der Waals surface area contributed by atoms with Gasteiger partial charge in [0.15, 0.2) is 5.82 Å². The third-order valence-corrected chi connectivity index (χ3v) is 5.59. The molecule has 0 amide bonds. The number of anilines is 2. The summed E-state index contributed by atoms with van der Waals surface area (Å²) in [5.41, 5.74) is 7.27. The van der Waals surface area contributed by atoms with Crippen LogP contribution in [0, 0.1) is 10.1 Å². The Morgan fingerprint density at radius 3 is 2.75 bits per heavy atom. The second-order valence-corrected chi connectivity index (χ2v) is 7.50. The first kappa shape index (κ1) is 17.2. The molecule has 28 heavy (non-hydrogen) atoms. The van der Waals surface area contributed by atoms with Crippen molar-refractivity contribution in [2.45, 2.75) is 37.9 Å². The number of nitrogens with zero attached hydrogens (tertiary/aromatic N) is 4. The van der Waals surface area contributed by atoms with Gasteiger partial charge in [-0.05, 0) is 37.8 Å². The molecular formula is C19H21N5O4. The van der Waals surface area contributed by atoms with Crippen LogP contribution in [0.1, 0.15) is 24.8 Å². The SMILES string of the molecule is Nc1ccc(-c2nc3c(c(N4CC5CCC(C4)O5)n2)CCCO3)cc1[N+](=O)[O-]. The number of benzene rings is 1. The lowest BCUT2D eigenvalue weighted by Gasteiger charge is -2.35. The van der Waals surface area contributed by atoms with Crippen LogP contribution in [0.3, 0.4) is 0 Å². The number of nitrogens with two attached hydrogens (primary N) is 1. The average molecular weight is 383 g/mol. The molecule has 0 radical (unpaired) electrons. The molecule has 1 aromatic heterocycles. The molecule has 2 bridgehead atoms. The Hall–Kier alpha value is -2.94. The summed E-state index contributed by atoms with van der Waals surface area (Å²) in [6.07, 6.45) is 4.39. The van der Waals surface area contributed by atoms with Crippen molar-refractivity contribution in [3.8, 4) is 17.3 Å². The minimum Gasteiger partial charge on any atom is -0.477 e. The van der Waals surface area contributed by atoms with E-state index in [4.69, 9.17) is 20.2 Å². The summed E-state index contributed by atoms with van der Waals surface area (Å²) in [7, 11) is 0. The maximum Gasteiger partial charge on any atom is 0.292 e. The fourth-order valence-corrected chi connectivity index (χ4v) is 4.23. The van der Waals surface area contributed by atoms with Crippen molar-refractivity contribution in [3.05, 3.63) is 33.9 Å². The van der Waals surface area contributed by atoms with Crippen molar-refractivity contribution >= 4 is 17.2 Å². The molecular weight excluding hydrogens is 362 g/mol. The molecule has 4 heterocycles. The molecule has 5 rings (SSSR count). The molecule has 0 spiro atoms. The average Bonchev–Trinajstić information content (AvgIpc) is 3.05. The molecule has 0 saturated carbocycles. The molecule has 2 unspecified atom stereocenters. The molecule has 2 fully saturated rings. The van der Waals surface area contributed by atoms with E-state index in [0.717, 1.165) is 50.2 Å². The lowest BCUT2D eigenvalue weighted by molar-refractivity contribution is -0.383. The van der Waals surface area contributed by atoms with Gasteiger partial charge in [-0.1, -0.05) is 0 Å². The van der Waals surface area contributed by atoms with E-state index in [1.165, 1.54) is 12.1 Å². The quantitative estimate of drug-likeness (QED) is 0.488. The maximum absolute atomic E-state index is 11.3. The summed E-state index contributed by atoms with van der Waals surface area (Å²) in [4.78, 5) is 22.4. The van der Waals surface area contributed by atoms with Gasteiger partial charge in [0.1, 0.15) is 11.5 Å². The third-order valence-electron chi connectivity index (χ3n) is 5.59. The molecule has 3 aliphatic heterocycles. The Morgan fingerprint density at radius 1 is 1.21 bits per heavy atom. The number of aromatic nitrogens is 2. The molecule has 9 heteroatoms. The van der Waals surface area contributed by atoms with Crippen LogP contribution >= 0.6 is 0 Å². The molecule has 9 nitrogen and oxygen atoms in total. The molecule has 2 atom stereocenters. The van der Waals surface area contributed by atoms with Gasteiger partial charge in [0.05, 0.1) is 29.3 Å². The first-order valence-electron chi connectivity index (χ1n) is 9.57. The normalized spacial score (nSPS) is 23.2. The van der Waals surface area contributed by atoms with Crippen LogP contribution in [0.2, 0.25) is 0 Å². The van der Waals surface area contributed by atoms with Gasteiger partial charge in [-0.25, -0.2) is 4.98 Å². The van der Waals surface area contributed by atoms with Crippen LogP contribution in [0.4, 0.5) is 17.2 Å². The summed E-state index contributed by atoms with van der Waals surface area (Å²) < 4.78 is 11.8. The zero-order valence-corrected chi connectivity index (χ0v) is 15.3. The van der Waals surface area contributed by atoms with E-state index in [0.29, 0.717) is 23.9 Å². The Labute approximate surface area is 161 Å². The second-order valence-electron chi connectivity index (χ2n) is 7.50. The zero-order chi connectivity index (χ0) is 19.3. The van der Waals surface area contributed by atoms with Gasteiger partial charge in [0.25, 0.3) is 5.69 Å². The van der Waals surface area contributed by atoms with Crippen LogP contribution in [-0.4, -0.2) is 46.8 Å². The predicted molar refractivity (Wildman–Crippen MR) is 102 cm³/mol. The number of nitro groups is 1. The van der Waals surface area contributed by atoms with Crippen LogP contribution in [0.25, 0.3) is 11.4 Å². The van der Waals surface area contributed by atoms with E-state index in [1.54, 1.807) is 6.07 Å². The first-order valence-corrected chi connectivity index (χ1v) is 9.57. The first-order chi connectivity index (χ1) is 13.6. The highest BCUT2D eigenvalue weighted by molar-refractivity contribution is 5.70. The minimum absolute atomic E-state index is 0.118. The van der Waals surface area contributed by atoms with Crippen LogP contribution in [0.15, 0.2) is 18.2 Å². The molecule has 3 aliphatic rings. The Bertz CT molecular complexity index is 938.